The van der Waals surface area contributed by atoms with E-state index in [-0.39, 0.29) is 17.8 Å². The predicted molar refractivity (Wildman–Crippen MR) is 78.2 cm³/mol. The van der Waals surface area contributed by atoms with E-state index in [4.69, 9.17) is 5.73 Å². The van der Waals surface area contributed by atoms with Crippen molar-refractivity contribution < 1.29 is 9.18 Å². The Bertz CT molecular complexity index is 490. The van der Waals surface area contributed by atoms with Crippen molar-refractivity contribution >= 4 is 11.6 Å². The Morgan fingerprint density at radius 3 is 2.95 bits per heavy atom. The second-order valence-electron chi connectivity index (χ2n) is 5.51. The Morgan fingerprint density at radius 2 is 2.30 bits per heavy atom. The van der Waals surface area contributed by atoms with Crippen molar-refractivity contribution in [1.82, 2.24) is 5.32 Å². The monoisotopic (exact) mass is 279 g/mol. The summed E-state index contributed by atoms with van der Waals surface area (Å²) in [6.07, 6.45) is 1.95. The van der Waals surface area contributed by atoms with Crippen LogP contribution in [0.2, 0.25) is 0 Å². The summed E-state index contributed by atoms with van der Waals surface area (Å²) in [5, 5.41) is 2.97. The number of rotatable bonds is 3. The third-order valence-electron chi connectivity index (χ3n) is 3.68. The summed E-state index contributed by atoms with van der Waals surface area (Å²) in [4.78, 5) is 13.9. The van der Waals surface area contributed by atoms with Gasteiger partial charge in [0.05, 0.1) is 6.04 Å². The van der Waals surface area contributed by atoms with Gasteiger partial charge in [0.1, 0.15) is 5.82 Å². The zero-order valence-electron chi connectivity index (χ0n) is 12.0. The van der Waals surface area contributed by atoms with Gasteiger partial charge in [-0.15, -0.1) is 0 Å². The molecule has 0 bridgehead atoms. The summed E-state index contributed by atoms with van der Waals surface area (Å²) in [7, 11) is 0. The number of anilines is 1. The third kappa shape index (κ3) is 3.48. The summed E-state index contributed by atoms with van der Waals surface area (Å²) in [6, 6.07) is 4.44. The zero-order chi connectivity index (χ0) is 14.7. The number of hydrogen-bond acceptors (Lipinski definition) is 3. The molecule has 1 fully saturated rings. The molecule has 1 amide bonds. The van der Waals surface area contributed by atoms with Gasteiger partial charge in [-0.05, 0) is 50.5 Å². The molecule has 110 valence electrons. The van der Waals surface area contributed by atoms with Crippen LogP contribution < -0.4 is 16.0 Å². The number of amides is 1. The molecule has 1 saturated heterocycles. The van der Waals surface area contributed by atoms with Crippen molar-refractivity contribution in [2.45, 2.75) is 38.8 Å². The van der Waals surface area contributed by atoms with E-state index < -0.39 is 6.04 Å². The van der Waals surface area contributed by atoms with E-state index in [1.807, 2.05) is 6.92 Å². The van der Waals surface area contributed by atoms with Crippen LogP contribution in [0.5, 0.6) is 0 Å². The van der Waals surface area contributed by atoms with Gasteiger partial charge in [-0.2, -0.15) is 0 Å². The van der Waals surface area contributed by atoms with Crippen LogP contribution in [-0.4, -0.2) is 31.1 Å². The molecule has 1 aliphatic rings. The fourth-order valence-electron chi connectivity index (χ4n) is 2.62. The van der Waals surface area contributed by atoms with E-state index in [9.17, 15) is 9.18 Å². The highest BCUT2D eigenvalue weighted by Crippen LogP contribution is 2.24. The molecule has 0 aromatic heterocycles. The lowest BCUT2D eigenvalue weighted by atomic mass is 10.0. The fraction of sp³-hybridized carbons (Fsp3) is 0.533. The van der Waals surface area contributed by atoms with Crippen molar-refractivity contribution in [3.63, 3.8) is 0 Å². The lowest BCUT2D eigenvalue weighted by Crippen LogP contribution is -2.51. The summed E-state index contributed by atoms with van der Waals surface area (Å²) < 4.78 is 13.2. The number of carbonyl (C=O) groups is 1. The first-order valence-electron chi connectivity index (χ1n) is 7.04. The van der Waals surface area contributed by atoms with Crippen LogP contribution in [0.15, 0.2) is 18.2 Å². The zero-order valence-corrected chi connectivity index (χ0v) is 12.0. The largest absolute Gasteiger partial charge is 0.369 e. The second kappa shape index (κ2) is 6.22. The molecule has 1 aromatic rings. The number of hydrogen-bond donors (Lipinski definition) is 2. The van der Waals surface area contributed by atoms with E-state index in [2.05, 4.69) is 10.2 Å². The second-order valence-corrected chi connectivity index (χ2v) is 5.51. The number of nitrogens with one attached hydrogen (secondary N) is 1. The van der Waals surface area contributed by atoms with E-state index in [1.165, 1.54) is 6.07 Å². The predicted octanol–water partition coefficient (Wildman–Crippen LogP) is 1.57. The van der Waals surface area contributed by atoms with Crippen LogP contribution in [-0.2, 0) is 4.79 Å². The molecule has 1 aliphatic heterocycles. The lowest BCUT2D eigenvalue weighted by molar-refractivity contribution is -0.122. The van der Waals surface area contributed by atoms with E-state index in [0.29, 0.717) is 0 Å². The highest BCUT2D eigenvalue weighted by molar-refractivity contribution is 5.81. The molecule has 4 nitrogen and oxygen atoms in total. The number of nitrogens with two attached hydrogens (primary N) is 1. The molecular weight excluding hydrogens is 257 g/mol. The summed E-state index contributed by atoms with van der Waals surface area (Å²) >= 11 is 0. The molecule has 5 heteroatoms. The molecule has 1 heterocycles. The van der Waals surface area contributed by atoms with Gasteiger partial charge in [-0.25, -0.2) is 4.39 Å². The number of aryl methyl sites for hydroxylation is 1. The Balaban J connectivity index is 2.05. The van der Waals surface area contributed by atoms with Gasteiger partial charge in [0.25, 0.3) is 0 Å². The maximum Gasteiger partial charge on any atom is 0.236 e. The van der Waals surface area contributed by atoms with E-state index in [1.54, 1.807) is 19.1 Å². The smallest absolute Gasteiger partial charge is 0.236 e. The van der Waals surface area contributed by atoms with Crippen LogP contribution in [0, 0.1) is 12.7 Å². The minimum Gasteiger partial charge on any atom is -0.369 e. The Morgan fingerprint density at radius 1 is 1.55 bits per heavy atom. The normalized spacial score (nSPS) is 20.6. The molecule has 2 atom stereocenters. The summed E-state index contributed by atoms with van der Waals surface area (Å²) in [6.45, 7) is 5.25. The van der Waals surface area contributed by atoms with Gasteiger partial charge in [0.2, 0.25) is 5.91 Å². The summed E-state index contributed by atoms with van der Waals surface area (Å²) in [5.41, 5.74) is 7.53. The van der Waals surface area contributed by atoms with Gasteiger partial charge in [-0.3, -0.25) is 4.79 Å². The van der Waals surface area contributed by atoms with Crippen molar-refractivity contribution in [2.75, 3.05) is 18.0 Å². The molecule has 0 radical (unpaired) electrons. The number of carbonyl (C=O) groups excluding carboxylic acids is 1. The topological polar surface area (TPSA) is 58.4 Å². The van der Waals surface area contributed by atoms with Crippen LogP contribution in [0.3, 0.4) is 0 Å². The van der Waals surface area contributed by atoms with Crippen molar-refractivity contribution in [3.05, 3.63) is 29.6 Å². The van der Waals surface area contributed by atoms with Gasteiger partial charge >= 0.3 is 0 Å². The molecular formula is C15H22FN3O. The quantitative estimate of drug-likeness (QED) is 0.883. The van der Waals surface area contributed by atoms with Crippen LogP contribution in [0.25, 0.3) is 0 Å². The van der Waals surface area contributed by atoms with Crippen LogP contribution in [0.1, 0.15) is 25.3 Å². The number of piperidine rings is 1. The van der Waals surface area contributed by atoms with Gasteiger partial charge < -0.3 is 16.0 Å². The van der Waals surface area contributed by atoms with Gasteiger partial charge in [0, 0.05) is 24.8 Å². The maximum atomic E-state index is 13.2. The number of benzene rings is 1. The SMILES string of the molecule is Cc1cc(F)ccc1N1CCCC(NC(=O)C(C)N)C1. The standard InChI is InChI=1S/C15H22FN3O/c1-10-8-12(16)5-6-14(10)19-7-3-4-13(9-19)18-15(20)11(2)17/h5-6,8,11,13H,3-4,7,9,17H2,1-2H3,(H,18,20). The van der Waals surface area contributed by atoms with Crippen molar-refractivity contribution in [1.29, 1.82) is 0 Å². The van der Waals surface area contributed by atoms with Crippen molar-refractivity contribution in [2.24, 2.45) is 5.73 Å². The lowest BCUT2D eigenvalue weighted by Gasteiger charge is -2.35. The van der Waals surface area contributed by atoms with Gasteiger partial charge in [-0.1, -0.05) is 0 Å². The number of halogens is 1. The maximum absolute atomic E-state index is 13.2. The van der Waals surface area contributed by atoms with Crippen LogP contribution in [0.4, 0.5) is 10.1 Å². The Kier molecular flexibility index (Phi) is 4.60. The molecule has 2 rings (SSSR count). The van der Waals surface area contributed by atoms with E-state index >= 15 is 0 Å². The average Bonchev–Trinajstić information content (AvgIpc) is 2.38. The minimum atomic E-state index is -0.488. The molecule has 0 spiro atoms. The first-order chi connectivity index (χ1) is 9.47. The Hall–Kier alpha value is -1.62. The molecule has 20 heavy (non-hydrogen) atoms. The molecule has 0 saturated carbocycles. The first-order valence-corrected chi connectivity index (χ1v) is 7.04. The van der Waals surface area contributed by atoms with Gasteiger partial charge in [0.15, 0.2) is 0 Å². The summed E-state index contributed by atoms with van der Waals surface area (Å²) in [5.74, 6) is -0.335. The van der Waals surface area contributed by atoms with E-state index in [0.717, 1.165) is 37.2 Å². The first kappa shape index (κ1) is 14.8. The highest BCUT2D eigenvalue weighted by Gasteiger charge is 2.23. The average molecular weight is 279 g/mol. The fourth-order valence-corrected chi connectivity index (χ4v) is 2.62. The molecule has 2 unspecified atom stereocenters. The minimum absolute atomic E-state index is 0.103. The van der Waals surface area contributed by atoms with Crippen LogP contribution >= 0.6 is 0 Å². The third-order valence-corrected chi connectivity index (χ3v) is 3.68. The Labute approximate surface area is 119 Å². The number of nitrogens with zero attached hydrogens (tertiary/aromatic N) is 1. The molecule has 1 aromatic carbocycles. The highest BCUT2D eigenvalue weighted by atomic mass is 19.1. The van der Waals surface area contributed by atoms with Crippen molar-refractivity contribution in [3.8, 4) is 0 Å². The molecule has 3 N–H and O–H groups in total. The molecule has 0 aliphatic carbocycles.